The Hall–Kier alpha value is -3.18. The molecule has 154 valence electrons. The average molecular weight is 405 g/mol. The molecule has 0 spiro atoms. The lowest BCUT2D eigenvalue weighted by Crippen LogP contribution is -2.44. The standard InChI is InChI=1S/C25H24FNO3/c26-21-8-6-20(7-9-21)25(14-16-29-17-15-25)24(28)27-22-10-12-23(13-11-22)30-18-19-4-2-1-3-5-19/h1-13H,14-18H2,(H,27,28). The number of nitrogens with one attached hydrogen (secondary N) is 1. The topological polar surface area (TPSA) is 47.6 Å². The zero-order chi connectivity index (χ0) is 20.8. The lowest BCUT2D eigenvalue weighted by Gasteiger charge is -2.36. The van der Waals surface area contributed by atoms with Crippen molar-refractivity contribution in [2.45, 2.75) is 24.9 Å². The van der Waals surface area contributed by atoms with Crippen LogP contribution in [0.4, 0.5) is 10.1 Å². The lowest BCUT2D eigenvalue weighted by molar-refractivity contribution is -0.125. The number of halogens is 1. The number of amides is 1. The third-order valence-electron chi connectivity index (χ3n) is 5.54. The number of hydrogen-bond donors (Lipinski definition) is 1. The number of carbonyl (C=O) groups is 1. The van der Waals surface area contributed by atoms with Crippen LogP contribution >= 0.6 is 0 Å². The fraction of sp³-hybridized carbons (Fsp3) is 0.240. The van der Waals surface area contributed by atoms with Gasteiger partial charge in [0.2, 0.25) is 5.91 Å². The molecule has 0 aromatic heterocycles. The summed E-state index contributed by atoms with van der Waals surface area (Å²) in [6, 6.07) is 23.5. The first-order chi connectivity index (χ1) is 14.7. The van der Waals surface area contributed by atoms with Crippen molar-refractivity contribution in [3.05, 3.63) is 95.8 Å². The number of benzene rings is 3. The summed E-state index contributed by atoms with van der Waals surface area (Å²) in [6.07, 6.45) is 1.12. The van der Waals surface area contributed by atoms with Crippen molar-refractivity contribution in [1.82, 2.24) is 0 Å². The van der Waals surface area contributed by atoms with Gasteiger partial charge in [-0.3, -0.25) is 4.79 Å². The third-order valence-corrected chi connectivity index (χ3v) is 5.54. The maximum absolute atomic E-state index is 13.4. The fourth-order valence-electron chi connectivity index (χ4n) is 3.76. The van der Waals surface area contributed by atoms with Gasteiger partial charge in [0.1, 0.15) is 18.2 Å². The lowest BCUT2D eigenvalue weighted by atomic mass is 9.73. The number of carbonyl (C=O) groups excluding carboxylic acids is 1. The predicted octanol–water partition coefficient (Wildman–Crippen LogP) is 5.09. The zero-order valence-electron chi connectivity index (χ0n) is 16.6. The summed E-state index contributed by atoms with van der Waals surface area (Å²) in [5.41, 5.74) is 1.87. The van der Waals surface area contributed by atoms with Crippen LogP contribution in [0.2, 0.25) is 0 Å². The minimum Gasteiger partial charge on any atom is -0.489 e. The molecule has 4 nitrogen and oxygen atoms in total. The Balaban J connectivity index is 1.45. The van der Waals surface area contributed by atoms with E-state index < -0.39 is 5.41 Å². The second-order valence-corrected chi connectivity index (χ2v) is 7.45. The van der Waals surface area contributed by atoms with Gasteiger partial charge in [-0.2, -0.15) is 0 Å². The van der Waals surface area contributed by atoms with E-state index in [2.05, 4.69) is 5.32 Å². The van der Waals surface area contributed by atoms with Crippen LogP contribution in [0.5, 0.6) is 5.75 Å². The smallest absolute Gasteiger partial charge is 0.235 e. The molecule has 0 aliphatic carbocycles. The molecule has 0 saturated carbocycles. The summed E-state index contributed by atoms with van der Waals surface area (Å²) in [4.78, 5) is 13.3. The Bertz CT molecular complexity index is 966. The summed E-state index contributed by atoms with van der Waals surface area (Å²) < 4.78 is 24.7. The predicted molar refractivity (Wildman–Crippen MR) is 114 cm³/mol. The molecule has 3 aromatic carbocycles. The molecular weight excluding hydrogens is 381 g/mol. The molecule has 1 aliphatic heterocycles. The summed E-state index contributed by atoms with van der Waals surface area (Å²) in [7, 11) is 0. The van der Waals surface area contributed by atoms with E-state index in [0.29, 0.717) is 38.3 Å². The molecule has 1 N–H and O–H groups in total. The number of anilines is 1. The largest absolute Gasteiger partial charge is 0.489 e. The molecule has 0 atom stereocenters. The first-order valence-corrected chi connectivity index (χ1v) is 10.1. The van der Waals surface area contributed by atoms with Crippen molar-refractivity contribution < 1.29 is 18.7 Å². The van der Waals surface area contributed by atoms with E-state index in [9.17, 15) is 9.18 Å². The molecule has 0 radical (unpaired) electrons. The number of hydrogen-bond acceptors (Lipinski definition) is 3. The normalized spacial score (nSPS) is 15.4. The van der Waals surface area contributed by atoms with Gasteiger partial charge in [-0.25, -0.2) is 4.39 Å². The Morgan fingerprint density at radius 1 is 0.933 bits per heavy atom. The van der Waals surface area contributed by atoms with Gasteiger partial charge in [0.25, 0.3) is 0 Å². The molecule has 1 aliphatic rings. The SMILES string of the molecule is O=C(Nc1ccc(OCc2ccccc2)cc1)C1(c2ccc(F)cc2)CCOCC1. The van der Waals surface area contributed by atoms with E-state index in [1.807, 2.05) is 54.6 Å². The summed E-state index contributed by atoms with van der Waals surface area (Å²) in [6.45, 7) is 1.48. The van der Waals surface area contributed by atoms with E-state index in [1.165, 1.54) is 12.1 Å². The van der Waals surface area contributed by atoms with E-state index in [0.717, 1.165) is 16.9 Å². The Kier molecular flexibility index (Phi) is 6.10. The highest BCUT2D eigenvalue weighted by Gasteiger charge is 2.41. The van der Waals surface area contributed by atoms with Crippen molar-refractivity contribution in [3.63, 3.8) is 0 Å². The summed E-state index contributed by atoms with van der Waals surface area (Å²) in [5, 5.41) is 3.02. The fourth-order valence-corrected chi connectivity index (χ4v) is 3.76. The van der Waals surface area contributed by atoms with Crippen molar-refractivity contribution in [2.75, 3.05) is 18.5 Å². The van der Waals surface area contributed by atoms with Gasteiger partial charge in [-0.05, 0) is 60.4 Å². The first-order valence-electron chi connectivity index (χ1n) is 10.1. The van der Waals surface area contributed by atoms with Gasteiger partial charge in [-0.15, -0.1) is 0 Å². The van der Waals surface area contributed by atoms with E-state index in [4.69, 9.17) is 9.47 Å². The van der Waals surface area contributed by atoms with Crippen LogP contribution in [0.15, 0.2) is 78.9 Å². The van der Waals surface area contributed by atoms with Crippen LogP contribution in [0, 0.1) is 5.82 Å². The summed E-state index contributed by atoms with van der Waals surface area (Å²) in [5.74, 6) is 0.319. The molecule has 1 saturated heterocycles. The molecule has 0 bridgehead atoms. The summed E-state index contributed by atoms with van der Waals surface area (Å²) >= 11 is 0. The molecular formula is C25H24FNO3. The van der Waals surface area contributed by atoms with Crippen LogP contribution in [-0.4, -0.2) is 19.1 Å². The van der Waals surface area contributed by atoms with Crippen LogP contribution in [0.3, 0.4) is 0 Å². The van der Waals surface area contributed by atoms with Gasteiger partial charge in [0, 0.05) is 18.9 Å². The van der Waals surface area contributed by atoms with Crippen molar-refractivity contribution in [3.8, 4) is 5.75 Å². The molecule has 3 aromatic rings. The van der Waals surface area contributed by atoms with Crippen molar-refractivity contribution >= 4 is 11.6 Å². The Labute approximate surface area is 175 Å². The van der Waals surface area contributed by atoms with Crippen LogP contribution in [0.25, 0.3) is 0 Å². The quantitative estimate of drug-likeness (QED) is 0.621. The highest BCUT2D eigenvalue weighted by molar-refractivity contribution is 5.99. The molecule has 5 heteroatoms. The van der Waals surface area contributed by atoms with Gasteiger partial charge >= 0.3 is 0 Å². The van der Waals surface area contributed by atoms with Gasteiger partial charge < -0.3 is 14.8 Å². The molecule has 1 heterocycles. The highest BCUT2D eigenvalue weighted by Crippen LogP contribution is 2.36. The highest BCUT2D eigenvalue weighted by atomic mass is 19.1. The Morgan fingerprint density at radius 2 is 1.60 bits per heavy atom. The first kappa shape index (κ1) is 20.1. The van der Waals surface area contributed by atoms with Gasteiger partial charge in [0.15, 0.2) is 0 Å². The second kappa shape index (κ2) is 9.09. The van der Waals surface area contributed by atoms with Gasteiger partial charge in [0.05, 0.1) is 5.41 Å². The zero-order valence-corrected chi connectivity index (χ0v) is 16.6. The van der Waals surface area contributed by atoms with Crippen LogP contribution in [-0.2, 0) is 21.6 Å². The average Bonchev–Trinajstić information content (AvgIpc) is 2.80. The minimum absolute atomic E-state index is 0.102. The maximum atomic E-state index is 13.4. The second-order valence-electron chi connectivity index (χ2n) is 7.45. The van der Waals surface area contributed by atoms with Crippen LogP contribution in [0.1, 0.15) is 24.0 Å². The molecule has 1 fully saturated rings. The minimum atomic E-state index is -0.728. The van der Waals surface area contributed by atoms with E-state index in [1.54, 1.807) is 12.1 Å². The number of ether oxygens (including phenoxy) is 2. The maximum Gasteiger partial charge on any atom is 0.235 e. The third kappa shape index (κ3) is 4.52. The molecule has 0 unspecified atom stereocenters. The van der Waals surface area contributed by atoms with Crippen molar-refractivity contribution in [1.29, 1.82) is 0 Å². The van der Waals surface area contributed by atoms with Crippen molar-refractivity contribution in [2.24, 2.45) is 0 Å². The molecule has 4 rings (SSSR count). The van der Waals surface area contributed by atoms with E-state index >= 15 is 0 Å². The Morgan fingerprint density at radius 3 is 2.27 bits per heavy atom. The molecule has 30 heavy (non-hydrogen) atoms. The van der Waals surface area contributed by atoms with Gasteiger partial charge in [-0.1, -0.05) is 42.5 Å². The van der Waals surface area contributed by atoms with E-state index in [-0.39, 0.29) is 11.7 Å². The number of rotatable bonds is 6. The monoisotopic (exact) mass is 405 g/mol. The molecule has 1 amide bonds. The van der Waals surface area contributed by atoms with Crippen LogP contribution < -0.4 is 10.1 Å².